The molecule has 16 heavy (non-hydrogen) atoms. The van der Waals surface area contributed by atoms with E-state index in [1.165, 1.54) is 12.1 Å². The lowest BCUT2D eigenvalue weighted by atomic mass is 10.3. The summed E-state index contributed by atoms with van der Waals surface area (Å²) in [4.78, 5) is 11.7. The minimum atomic E-state index is -0.267. The summed E-state index contributed by atoms with van der Waals surface area (Å²) < 4.78 is 13.0. The number of nitrogens with one attached hydrogen (secondary N) is 1. The third-order valence-corrected chi connectivity index (χ3v) is 3.08. The van der Waals surface area contributed by atoms with Gasteiger partial charge in [-0.05, 0) is 25.1 Å². The minimum absolute atomic E-state index is 0.267. The number of thiazole rings is 1. The molecular formula is C11H8FN3S. The largest absolute Gasteiger partial charge is 0.337 e. The number of halogens is 1. The number of fused-ring (bicyclic) bond motifs is 1. The fourth-order valence-corrected chi connectivity index (χ4v) is 2.17. The highest BCUT2D eigenvalue weighted by Gasteiger charge is 2.08. The molecule has 0 radical (unpaired) electrons. The normalized spacial score (nSPS) is 11.1. The van der Waals surface area contributed by atoms with Crippen LogP contribution in [0.1, 0.15) is 5.01 Å². The van der Waals surface area contributed by atoms with Gasteiger partial charge in [-0.1, -0.05) is 0 Å². The van der Waals surface area contributed by atoms with E-state index in [1.54, 1.807) is 17.4 Å². The number of aryl methyl sites for hydroxylation is 1. The summed E-state index contributed by atoms with van der Waals surface area (Å²) in [6.07, 6.45) is 0. The molecule has 2 aromatic heterocycles. The van der Waals surface area contributed by atoms with Crippen molar-refractivity contribution in [2.24, 2.45) is 0 Å². The van der Waals surface area contributed by atoms with Crippen LogP contribution in [-0.2, 0) is 0 Å². The summed E-state index contributed by atoms with van der Waals surface area (Å²) in [5, 5.41) is 2.92. The van der Waals surface area contributed by atoms with Crippen LogP contribution >= 0.6 is 11.3 Å². The second-order valence-electron chi connectivity index (χ2n) is 3.50. The Morgan fingerprint density at radius 1 is 1.31 bits per heavy atom. The first-order valence-electron chi connectivity index (χ1n) is 4.80. The molecule has 0 aliphatic heterocycles. The molecule has 0 aliphatic carbocycles. The average molecular weight is 233 g/mol. The van der Waals surface area contributed by atoms with Gasteiger partial charge in [0, 0.05) is 5.38 Å². The van der Waals surface area contributed by atoms with Crippen LogP contribution in [0.5, 0.6) is 0 Å². The fraction of sp³-hybridized carbons (Fsp3) is 0.0909. The Labute approximate surface area is 95.0 Å². The van der Waals surface area contributed by atoms with Gasteiger partial charge in [0.05, 0.1) is 16.0 Å². The van der Waals surface area contributed by atoms with Crippen molar-refractivity contribution in [3.63, 3.8) is 0 Å². The van der Waals surface area contributed by atoms with Crippen LogP contribution in [0, 0.1) is 12.7 Å². The van der Waals surface area contributed by atoms with Gasteiger partial charge in [0.1, 0.15) is 11.5 Å². The molecule has 0 aliphatic rings. The van der Waals surface area contributed by atoms with Gasteiger partial charge in [0.15, 0.2) is 5.82 Å². The molecule has 3 nitrogen and oxygen atoms in total. The highest BCUT2D eigenvalue weighted by molar-refractivity contribution is 7.09. The first-order valence-corrected chi connectivity index (χ1v) is 5.68. The van der Waals surface area contributed by atoms with Gasteiger partial charge in [-0.25, -0.2) is 14.4 Å². The number of hydrogen-bond acceptors (Lipinski definition) is 3. The molecule has 0 unspecified atom stereocenters. The molecule has 0 amide bonds. The SMILES string of the molecule is Cc1nc(-c2nc3ccc(F)cc3[nH]2)cs1. The standard InChI is InChI=1S/C11H8FN3S/c1-6-13-10(5-16-6)11-14-8-3-2-7(12)4-9(8)15-11/h2-5H,1H3,(H,14,15). The molecule has 2 heterocycles. The van der Waals surface area contributed by atoms with E-state index in [0.717, 1.165) is 16.2 Å². The molecule has 3 rings (SSSR count). The number of hydrogen-bond donors (Lipinski definition) is 1. The molecule has 80 valence electrons. The number of aromatic amines is 1. The van der Waals surface area contributed by atoms with Crippen LogP contribution in [0.25, 0.3) is 22.6 Å². The van der Waals surface area contributed by atoms with Crippen molar-refractivity contribution in [2.45, 2.75) is 6.92 Å². The van der Waals surface area contributed by atoms with E-state index in [4.69, 9.17) is 0 Å². The Morgan fingerprint density at radius 3 is 2.94 bits per heavy atom. The Hall–Kier alpha value is -1.75. The first-order chi connectivity index (χ1) is 7.72. The lowest BCUT2D eigenvalue weighted by Gasteiger charge is -1.86. The van der Waals surface area contributed by atoms with E-state index in [9.17, 15) is 4.39 Å². The van der Waals surface area contributed by atoms with Crippen LogP contribution < -0.4 is 0 Å². The van der Waals surface area contributed by atoms with E-state index in [-0.39, 0.29) is 5.82 Å². The summed E-state index contributed by atoms with van der Waals surface area (Å²) in [5.41, 5.74) is 2.25. The van der Waals surface area contributed by atoms with Crippen LogP contribution in [0.4, 0.5) is 4.39 Å². The maximum absolute atomic E-state index is 13.0. The molecule has 3 aromatic rings. The van der Waals surface area contributed by atoms with Crippen molar-refractivity contribution >= 4 is 22.4 Å². The highest BCUT2D eigenvalue weighted by Crippen LogP contribution is 2.22. The number of rotatable bonds is 1. The van der Waals surface area contributed by atoms with Gasteiger partial charge in [0.25, 0.3) is 0 Å². The van der Waals surface area contributed by atoms with Crippen molar-refractivity contribution in [1.82, 2.24) is 15.0 Å². The van der Waals surface area contributed by atoms with Gasteiger partial charge in [-0.3, -0.25) is 0 Å². The molecule has 1 aromatic carbocycles. The van der Waals surface area contributed by atoms with Crippen LogP contribution in [-0.4, -0.2) is 15.0 Å². The molecule has 0 fully saturated rings. The number of benzene rings is 1. The molecular weight excluding hydrogens is 225 g/mol. The molecule has 5 heteroatoms. The van der Waals surface area contributed by atoms with Gasteiger partial charge < -0.3 is 4.98 Å². The number of aromatic nitrogens is 3. The molecule has 0 saturated heterocycles. The second kappa shape index (κ2) is 3.38. The summed E-state index contributed by atoms with van der Waals surface area (Å²) >= 11 is 1.57. The zero-order valence-corrected chi connectivity index (χ0v) is 9.31. The van der Waals surface area contributed by atoms with Crippen molar-refractivity contribution in [3.8, 4) is 11.5 Å². The molecule has 1 N–H and O–H groups in total. The monoisotopic (exact) mass is 233 g/mol. The van der Waals surface area contributed by atoms with Crippen molar-refractivity contribution in [2.75, 3.05) is 0 Å². The summed E-state index contributed by atoms with van der Waals surface area (Å²) in [6.45, 7) is 1.94. The second-order valence-corrected chi connectivity index (χ2v) is 4.56. The minimum Gasteiger partial charge on any atom is -0.337 e. The van der Waals surface area contributed by atoms with E-state index in [1.807, 2.05) is 12.3 Å². The third-order valence-electron chi connectivity index (χ3n) is 2.31. The van der Waals surface area contributed by atoms with Crippen molar-refractivity contribution < 1.29 is 4.39 Å². The van der Waals surface area contributed by atoms with Gasteiger partial charge in [-0.15, -0.1) is 11.3 Å². The Kier molecular flexibility index (Phi) is 2.00. The molecule has 0 bridgehead atoms. The maximum atomic E-state index is 13.0. The third kappa shape index (κ3) is 1.49. The smallest absolute Gasteiger partial charge is 0.158 e. The van der Waals surface area contributed by atoms with Crippen molar-refractivity contribution in [3.05, 3.63) is 34.4 Å². The van der Waals surface area contributed by atoms with E-state index < -0.39 is 0 Å². The van der Waals surface area contributed by atoms with Crippen molar-refractivity contribution in [1.29, 1.82) is 0 Å². The van der Waals surface area contributed by atoms with E-state index in [0.29, 0.717) is 11.3 Å². The quantitative estimate of drug-likeness (QED) is 0.701. The summed E-state index contributed by atoms with van der Waals surface area (Å²) in [7, 11) is 0. The van der Waals surface area contributed by atoms with Crippen LogP contribution in [0.2, 0.25) is 0 Å². The van der Waals surface area contributed by atoms with E-state index >= 15 is 0 Å². The fourth-order valence-electron chi connectivity index (χ4n) is 1.58. The molecule has 0 atom stereocenters. The first kappa shape index (κ1) is 9.47. The van der Waals surface area contributed by atoms with Crippen LogP contribution in [0.3, 0.4) is 0 Å². The Bertz CT molecular complexity index is 656. The summed E-state index contributed by atoms with van der Waals surface area (Å²) in [6, 6.07) is 4.49. The summed E-state index contributed by atoms with van der Waals surface area (Å²) in [5.74, 6) is 0.419. The maximum Gasteiger partial charge on any atom is 0.158 e. The zero-order valence-electron chi connectivity index (χ0n) is 8.49. The highest BCUT2D eigenvalue weighted by atomic mass is 32.1. The predicted octanol–water partition coefficient (Wildman–Crippen LogP) is 3.13. The molecule has 0 spiro atoms. The Balaban J connectivity index is 2.18. The lowest BCUT2D eigenvalue weighted by Crippen LogP contribution is -1.79. The van der Waals surface area contributed by atoms with Crippen LogP contribution in [0.15, 0.2) is 23.6 Å². The topological polar surface area (TPSA) is 41.6 Å². The van der Waals surface area contributed by atoms with E-state index in [2.05, 4.69) is 15.0 Å². The predicted molar refractivity (Wildman–Crippen MR) is 61.9 cm³/mol. The average Bonchev–Trinajstić information content (AvgIpc) is 2.83. The number of H-pyrrole nitrogens is 1. The zero-order chi connectivity index (χ0) is 11.1. The molecule has 0 saturated carbocycles. The van der Waals surface area contributed by atoms with Gasteiger partial charge in [0.2, 0.25) is 0 Å². The lowest BCUT2D eigenvalue weighted by molar-refractivity contribution is 0.629. The van der Waals surface area contributed by atoms with Gasteiger partial charge >= 0.3 is 0 Å². The van der Waals surface area contributed by atoms with Gasteiger partial charge in [-0.2, -0.15) is 0 Å². The Morgan fingerprint density at radius 2 is 2.19 bits per heavy atom. The number of imidazole rings is 1. The number of nitrogens with zero attached hydrogens (tertiary/aromatic N) is 2.